The molecule has 4 rings (SSSR count). The second-order valence-electron chi connectivity index (χ2n) is 7.33. The average molecular weight is 449 g/mol. The number of ether oxygens (including phenoxy) is 1. The summed E-state index contributed by atoms with van der Waals surface area (Å²) in [5, 5.41) is 3.48. The molecular weight excluding hydrogens is 426 g/mol. The zero-order chi connectivity index (χ0) is 22.5. The first kappa shape index (κ1) is 21.6. The Morgan fingerprint density at radius 1 is 1.06 bits per heavy atom. The average Bonchev–Trinajstić information content (AvgIpc) is 3.11. The van der Waals surface area contributed by atoms with Crippen LogP contribution in [0.3, 0.4) is 0 Å². The Hall–Kier alpha value is -3.64. The van der Waals surface area contributed by atoms with Gasteiger partial charge in [-0.15, -0.1) is 10.1 Å². The van der Waals surface area contributed by atoms with Crippen LogP contribution in [0.1, 0.15) is 34.5 Å². The van der Waals surface area contributed by atoms with Gasteiger partial charge in [0.15, 0.2) is 6.04 Å². The van der Waals surface area contributed by atoms with Crippen LogP contribution in [0, 0.1) is 0 Å². The summed E-state index contributed by atoms with van der Waals surface area (Å²) in [4.78, 5) is 25.7. The van der Waals surface area contributed by atoms with Crippen molar-refractivity contribution in [2.45, 2.75) is 19.0 Å². The fraction of sp³-hybridized carbons (Fsp3) is 0.160. The van der Waals surface area contributed by atoms with E-state index in [0.29, 0.717) is 17.2 Å². The van der Waals surface area contributed by atoms with Crippen molar-refractivity contribution < 1.29 is 19.0 Å². The van der Waals surface area contributed by atoms with Gasteiger partial charge in [-0.2, -0.15) is 0 Å². The van der Waals surface area contributed by atoms with Gasteiger partial charge in [0.1, 0.15) is 5.75 Å². The van der Waals surface area contributed by atoms with Gasteiger partial charge < -0.3 is 10.1 Å². The van der Waals surface area contributed by atoms with Crippen LogP contribution in [0.2, 0.25) is 5.02 Å². The van der Waals surface area contributed by atoms with Crippen molar-refractivity contribution in [3.63, 3.8) is 0 Å². The van der Waals surface area contributed by atoms with E-state index in [2.05, 4.69) is 10.7 Å². The molecule has 2 N–H and O–H groups in total. The second kappa shape index (κ2) is 9.66. The number of nitrogens with zero attached hydrogens (tertiary/aromatic N) is 1. The van der Waals surface area contributed by atoms with E-state index in [1.54, 1.807) is 41.1 Å². The Morgan fingerprint density at radius 3 is 2.41 bits per heavy atom. The first-order valence-corrected chi connectivity index (χ1v) is 10.7. The monoisotopic (exact) mass is 448 g/mol. The number of carbonyl (C=O) groups excluding carboxylic acids is 2. The van der Waals surface area contributed by atoms with Gasteiger partial charge >= 0.3 is 5.91 Å². The molecule has 162 valence electrons. The number of amides is 2. The van der Waals surface area contributed by atoms with E-state index in [-0.39, 0.29) is 11.8 Å². The molecule has 2 amide bonds. The minimum absolute atomic E-state index is 0.295. The van der Waals surface area contributed by atoms with Crippen LogP contribution in [0.25, 0.3) is 0 Å². The fourth-order valence-corrected chi connectivity index (χ4v) is 3.76. The SMILES string of the molecule is CCOc1ccc(/C=[N+]2\NC(=O)[C@H](NC(=O)c3ccccc3)[C@H]2c2ccc(Cl)cc2)cc1. The number of carbonyl (C=O) groups is 2. The Morgan fingerprint density at radius 2 is 1.75 bits per heavy atom. The molecule has 0 saturated carbocycles. The third kappa shape index (κ3) is 4.81. The summed E-state index contributed by atoms with van der Waals surface area (Å²) in [6.07, 6.45) is 1.83. The molecule has 3 aromatic carbocycles. The number of nitrogens with one attached hydrogen (secondary N) is 2. The molecule has 0 spiro atoms. The van der Waals surface area contributed by atoms with Gasteiger partial charge in [-0.1, -0.05) is 41.9 Å². The number of rotatable bonds is 6. The van der Waals surface area contributed by atoms with Gasteiger partial charge in [0, 0.05) is 21.7 Å². The highest BCUT2D eigenvalue weighted by molar-refractivity contribution is 6.30. The van der Waals surface area contributed by atoms with Gasteiger partial charge in [-0.05, 0) is 55.5 Å². The van der Waals surface area contributed by atoms with Crippen LogP contribution in [0.4, 0.5) is 0 Å². The second-order valence-corrected chi connectivity index (χ2v) is 7.76. The maximum atomic E-state index is 12.9. The van der Waals surface area contributed by atoms with Crippen molar-refractivity contribution in [3.8, 4) is 5.75 Å². The maximum absolute atomic E-state index is 12.9. The number of hydrazone groups is 1. The van der Waals surface area contributed by atoms with Crippen molar-refractivity contribution in [1.29, 1.82) is 0 Å². The third-order valence-electron chi connectivity index (χ3n) is 5.15. The Labute approximate surface area is 191 Å². The number of hydrogen-bond acceptors (Lipinski definition) is 3. The highest BCUT2D eigenvalue weighted by atomic mass is 35.5. The van der Waals surface area contributed by atoms with Gasteiger partial charge in [-0.3, -0.25) is 9.59 Å². The highest BCUT2D eigenvalue weighted by Crippen LogP contribution is 2.27. The third-order valence-corrected chi connectivity index (χ3v) is 5.40. The van der Waals surface area contributed by atoms with Gasteiger partial charge in [0.2, 0.25) is 12.3 Å². The molecule has 0 aromatic heterocycles. The molecule has 0 unspecified atom stereocenters. The summed E-state index contributed by atoms with van der Waals surface area (Å²) in [5.41, 5.74) is 5.08. The smallest absolute Gasteiger partial charge is 0.304 e. The molecule has 0 aliphatic carbocycles. The van der Waals surface area contributed by atoms with Gasteiger partial charge in [0.25, 0.3) is 5.91 Å². The van der Waals surface area contributed by atoms with E-state index in [1.807, 2.05) is 55.6 Å². The van der Waals surface area contributed by atoms with Crippen molar-refractivity contribution in [1.82, 2.24) is 10.7 Å². The first-order chi connectivity index (χ1) is 15.5. The number of hydrazine groups is 1. The first-order valence-electron chi connectivity index (χ1n) is 10.3. The van der Waals surface area contributed by atoms with E-state index in [9.17, 15) is 9.59 Å². The minimum Gasteiger partial charge on any atom is -0.494 e. The van der Waals surface area contributed by atoms with Crippen LogP contribution >= 0.6 is 11.6 Å². The van der Waals surface area contributed by atoms with E-state index < -0.39 is 12.1 Å². The molecule has 32 heavy (non-hydrogen) atoms. The largest absolute Gasteiger partial charge is 0.494 e. The van der Waals surface area contributed by atoms with Crippen molar-refractivity contribution in [3.05, 3.63) is 101 Å². The van der Waals surface area contributed by atoms with Crippen LogP contribution in [-0.4, -0.2) is 35.4 Å². The molecule has 3 aromatic rings. The lowest BCUT2D eigenvalue weighted by molar-refractivity contribution is -0.596. The molecule has 2 atom stereocenters. The zero-order valence-corrected chi connectivity index (χ0v) is 18.3. The highest BCUT2D eigenvalue weighted by Gasteiger charge is 2.47. The lowest BCUT2D eigenvalue weighted by Gasteiger charge is -2.15. The predicted molar refractivity (Wildman–Crippen MR) is 123 cm³/mol. The molecule has 1 saturated heterocycles. The number of halogens is 1. The van der Waals surface area contributed by atoms with E-state index in [0.717, 1.165) is 16.9 Å². The summed E-state index contributed by atoms with van der Waals surface area (Å²) in [6.45, 7) is 2.52. The number of benzene rings is 3. The van der Waals surface area contributed by atoms with E-state index >= 15 is 0 Å². The van der Waals surface area contributed by atoms with Crippen molar-refractivity contribution >= 4 is 29.6 Å². The lowest BCUT2D eigenvalue weighted by atomic mass is 10.00. The molecule has 0 bridgehead atoms. The van der Waals surface area contributed by atoms with Crippen molar-refractivity contribution in [2.24, 2.45) is 0 Å². The topological polar surface area (TPSA) is 70.4 Å². The van der Waals surface area contributed by atoms with Crippen LogP contribution < -0.4 is 15.5 Å². The summed E-state index contributed by atoms with van der Waals surface area (Å²) in [5.74, 6) is 0.168. The lowest BCUT2D eigenvalue weighted by Crippen LogP contribution is -2.42. The molecule has 0 radical (unpaired) electrons. The van der Waals surface area contributed by atoms with Gasteiger partial charge in [0.05, 0.1) is 6.61 Å². The molecule has 1 fully saturated rings. The van der Waals surface area contributed by atoms with Crippen LogP contribution in [0.15, 0.2) is 78.9 Å². The zero-order valence-electron chi connectivity index (χ0n) is 17.5. The Bertz CT molecular complexity index is 1130. The van der Waals surface area contributed by atoms with Crippen molar-refractivity contribution in [2.75, 3.05) is 6.61 Å². The predicted octanol–water partition coefficient (Wildman–Crippen LogP) is 3.75. The molecule has 6 nitrogen and oxygen atoms in total. The number of hydrogen-bond donors (Lipinski definition) is 2. The minimum atomic E-state index is -0.789. The summed E-state index contributed by atoms with van der Waals surface area (Å²) in [6, 6.07) is 22.4. The molecule has 1 heterocycles. The van der Waals surface area contributed by atoms with Gasteiger partial charge in [-0.25, -0.2) is 0 Å². The standard InChI is InChI=1S/C25H22ClN3O3/c1-2-32-21-14-8-17(9-15-21)16-29-23(18-10-12-20(26)13-11-18)22(25(31)28-29)27-24(30)19-6-4-3-5-7-19/h3-16,22-23H,2H2,1H3,(H-,27,28,30,31)/p+1/b29-16-/t22-,23-/m1/s1. The van der Waals surface area contributed by atoms with E-state index in [4.69, 9.17) is 16.3 Å². The van der Waals surface area contributed by atoms with Crippen LogP contribution in [0.5, 0.6) is 5.75 Å². The Kier molecular flexibility index (Phi) is 6.52. The summed E-state index contributed by atoms with van der Waals surface area (Å²) in [7, 11) is 0. The molecule has 7 heteroatoms. The summed E-state index contributed by atoms with van der Waals surface area (Å²) >= 11 is 6.07. The fourth-order valence-electron chi connectivity index (χ4n) is 3.63. The van der Waals surface area contributed by atoms with Crippen LogP contribution in [-0.2, 0) is 4.79 Å². The molecule has 1 aliphatic heterocycles. The quantitative estimate of drug-likeness (QED) is 0.564. The molecular formula is C25H23ClN3O3+. The maximum Gasteiger partial charge on any atom is 0.304 e. The molecule has 1 aliphatic rings. The Balaban J connectivity index is 1.67. The van der Waals surface area contributed by atoms with E-state index in [1.165, 1.54) is 0 Å². The summed E-state index contributed by atoms with van der Waals surface area (Å²) < 4.78 is 7.21. The normalized spacial score (nSPS) is 18.9.